The first-order valence-electron chi connectivity index (χ1n) is 9.81. The number of carbonyl (C=O) groups excluding carboxylic acids is 1. The van der Waals surface area contributed by atoms with Crippen LogP contribution in [0.2, 0.25) is 0 Å². The number of carbonyl (C=O) groups is 1. The van der Waals surface area contributed by atoms with Crippen LogP contribution in [0, 0.1) is 0 Å². The summed E-state index contributed by atoms with van der Waals surface area (Å²) in [5, 5.41) is 4.08. The van der Waals surface area contributed by atoms with Crippen molar-refractivity contribution in [3.8, 4) is 11.4 Å². The van der Waals surface area contributed by atoms with Gasteiger partial charge in [-0.05, 0) is 49.8 Å². The van der Waals surface area contributed by atoms with Gasteiger partial charge in [0.1, 0.15) is 10.6 Å². The third kappa shape index (κ3) is 3.85. The molecule has 0 unspecified atom stereocenters. The monoisotopic (exact) mass is 395 g/mol. The standard InChI is InChI=1S/C21H25N5OS/c1-14(27)23-11-6-12-26(2)20-18-16-8-3-4-9-17(16)28-21(18)25-19(24-20)15-7-5-10-22-13-15/h5,7,10,13H,3-4,6,8-9,11-12H2,1-2H3,(H,23,27). The molecule has 0 radical (unpaired) electrons. The van der Waals surface area contributed by atoms with Gasteiger partial charge in [-0.15, -0.1) is 11.3 Å². The zero-order chi connectivity index (χ0) is 19.5. The maximum atomic E-state index is 11.1. The molecule has 1 N–H and O–H groups in total. The molecule has 1 aliphatic carbocycles. The van der Waals surface area contributed by atoms with Crippen molar-refractivity contribution in [3.63, 3.8) is 0 Å². The van der Waals surface area contributed by atoms with E-state index in [1.165, 1.54) is 28.7 Å². The molecule has 7 heteroatoms. The maximum absolute atomic E-state index is 11.1. The number of nitrogens with zero attached hydrogens (tertiary/aromatic N) is 4. The summed E-state index contributed by atoms with van der Waals surface area (Å²) >= 11 is 1.82. The van der Waals surface area contributed by atoms with Gasteiger partial charge in [-0.25, -0.2) is 9.97 Å². The zero-order valence-corrected chi connectivity index (χ0v) is 17.2. The molecule has 0 saturated carbocycles. The summed E-state index contributed by atoms with van der Waals surface area (Å²) in [5.41, 5.74) is 2.37. The minimum Gasteiger partial charge on any atom is -0.359 e. The minimum absolute atomic E-state index is 0.0119. The molecular weight excluding hydrogens is 370 g/mol. The Morgan fingerprint density at radius 3 is 2.93 bits per heavy atom. The first-order valence-corrected chi connectivity index (χ1v) is 10.6. The van der Waals surface area contributed by atoms with Gasteiger partial charge in [-0.3, -0.25) is 9.78 Å². The quantitative estimate of drug-likeness (QED) is 0.646. The lowest BCUT2D eigenvalue weighted by molar-refractivity contribution is -0.118. The van der Waals surface area contributed by atoms with Crippen LogP contribution >= 0.6 is 11.3 Å². The Bertz CT molecular complexity index is 985. The summed E-state index contributed by atoms with van der Waals surface area (Å²) in [5.74, 6) is 1.73. The highest BCUT2D eigenvalue weighted by Crippen LogP contribution is 2.40. The van der Waals surface area contributed by atoms with Gasteiger partial charge in [-0.2, -0.15) is 0 Å². The Morgan fingerprint density at radius 1 is 1.29 bits per heavy atom. The Balaban J connectivity index is 1.73. The highest BCUT2D eigenvalue weighted by atomic mass is 32.1. The number of aromatic nitrogens is 3. The van der Waals surface area contributed by atoms with Crippen LogP contribution in [0.15, 0.2) is 24.5 Å². The van der Waals surface area contributed by atoms with Crippen molar-refractivity contribution in [1.82, 2.24) is 20.3 Å². The van der Waals surface area contributed by atoms with Crippen molar-refractivity contribution >= 4 is 33.3 Å². The van der Waals surface area contributed by atoms with E-state index in [1.807, 2.05) is 29.7 Å². The van der Waals surface area contributed by atoms with E-state index in [9.17, 15) is 4.79 Å². The van der Waals surface area contributed by atoms with Gasteiger partial charge >= 0.3 is 0 Å². The largest absolute Gasteiger partial charge is 0.359 e. The van der Waals surface area contributed by atoms with E-state index in [0.29, 0.717) is 6.54 Å². The number of hydrogen-bond donors (Lipinski definition) is 1. The predicted octanol–water partition coefficient (Wildman–Crippen LogP) is 3.59. The van der Waals surface area contributed by atoms with Crippen molar-refractivity contribution in [2.45, 2.75) is 39.0 Å². The maximum Gasteiger partial charge on any atom is 0.216 e. The molecule has 1 aliphatic rings. The van der Waals surface area contributed by atoms with Crippen LogP contribution in [0.1, 0.15) is 36.6 Å². The van der Waals surface area contributed by atoms with E-state index in [-0.39, 0.29) is 5.91 Å². The van der Waals surface area contributed by atoms with Crippen molar-refractivity contribution in [1.29, 1.82) is 0 Å². The van der Waals surface area contributed by atoms with E-state index in [0.717, 1.165) is 47.8 Å². The fourth-order valence-corrected chi connectivity index (χ4v) is 4.98. The molecule has 146 valence electrons. The van der Waals surface area contributed by atoms with Gasteiger partial charge in [0.25, 0.3) is 0 Å². The van der Waals surface area contributed by atoms with Crippen LogP contribution in [-0.4, -0.2) is 41.0 Å². The van der Waals surface area contributed by atoms with Crippen LogP contribution < -0.4 is 10.2 Å². The van der Waals surface area contributed by atoms with Crippen LogP contribution in [0.4, 0.5) is 5.82 Å². The fourth-order valence-electron chi connectivity index (χ4n) is 3.73. The highest BCUT2D eigenvalue weighted by molar-refractivity contribution is 7.19. The number of rotatable bonds is 6. The number of aryl methyl sites for hydroxylation is 2. The van der Waals surface area contributed by atoms with Crippen LogP contribution in [0.25, 0.3) is 21.6 Å². The number of nitrogens with one attached hydrogen (secondary N) is 1. The third-order valence-electron chi connectivity index (χ3n) is 5.12. The number of hydrogen-bond acceptors (Lipinski definition) is 6. The Morgan fingerprint density at radius 2 is 2.14 bits per heavy atom. The second kappa shape index (κ2) is 8.22. The van der Waals surface area contributed by atoms with Gasteiger partial charge in [0, 0.05) is 49.9 Å². The van der Waals surface area contributed by atoms with Gasteiger partial charge in [0.15, 0.2) is 5.82 Å². The summed E-state index contributed by atoms with van der Waals surface area (Å²) in [4.78, 5) is 29.9. The van der Waals surface area contributed by atoms with E-state index in [4.69, 9.17) is 9.97 Å². The molecule has 0 spiro atoms. The third-order valence-corrected chi connectivity index (χ3v) is 6.31. The van der Waals surface area contributed by atoms with Gasteiger partial charge < -0.3 is 10.2 Å². The molecule has 0 atom stereocenters. The van der Waals surface area contributed by atoms with Crippen molar-refractivity contribution in [3.05, 3.63) is 35.0 Å². The Kier molecular flexibility index (Phi) is 5.52. The molecule has 0 saturated heterocycles. The molecule has 6 nitrogen and oxygen atoms in total. The molecule has 3 aromatic heterocycles. The average Bonchev–Trinajstić information content (AvgIpc) is 3.09. The number of pyridine rings is 1. The van der Waals surface area contributed by atoms with Gasteiger partial charge in [0.05, 0.1) is 5.39 Å². The normalized spacial score (nSPS) is 13.4. The SMILES string of the molecule is CC(=O)NCCCN(C)c1nc(-c2cccnc2)nc2sc3c(c12)CCCC3. The highest BCUT2D eigenvalue weighted by Gasteiger charge is 2.23. The second-order valence-electron chi connectivity index (χ2n) is 7.26. The van der Waals surface area contributed by atoms with Gasteiger partial charge in [0.2, 0.25) is 5.91 Å². The van der Waals surface area contributed by atoms with Crippen molar-refractivity contribution in [2.75, 3.05) is 25.0 Å². The summed E-state index contributed by atoms with van der Waals surface area (Å²) in [6.45, 7) is 3.05. The van der Waals surface area contributed by atoms with E-state index in [1.54, 1.807) is 13.1 Å². The molecule has 28 heavy (non-hydrogen) atoms. The summed E-state index contributed by atoms with van der Waals surface area (Å²) < 4.78 is 0. The summed E-state index contributed by atoms with van der Waals surface area (Å²) in [6, 6.07) is 3.92. The van der Waals surface area contributed by atoms with Crippen molar-refractivity contribution in [2.24, 2.45) is 0 Å². The number of amides is 1. The topological polar surface area (TPSA) is 71.0 Å². The van der Waals surface area contributed by atoms with E-state index >= 15 is 0 Å². The summed E-state index contributed by atoms with van der Waals surface area (Å²) in [6.07, 6.45) is 9.19. The predicted molar refractivity (Wildman–Crippen MR) is 114 cm³/mol. The summed E-state index contributed by atoms with van der Waals surface area (Å²) in [7, 11) is 2.08. The minimum atomic E-state index is 0.0119. The molecule has 0 fully saturated rings. The molecule has 3 aromatic rings. The van der Waals surface area contributed by atoms with Crippen LogP contribution in [0.3, 0.4) is 0 Å². The van der Waals surface area contributed by atoms with E-state index in [2.05, 4.69) is 22.2 Å². The average molecular weight is 396 g/mol. The van der Waals surface area contributed by atoms with Crippen LogP contribution in [0.5, 0.6) is 0 Å². The first kappa shape index (κ1) is 18.8. The van der Waals surface area contributed by atoms with E-state index < -0.39 is 0 Å². The molecule has 3 heterocycles. The van der Waals surface area contributed by atoms with Crippen LogP contribution in [-0.2, 0) is 17.6 Å². The first-order chi connectivity index (χ1) is 13.6. The molecule has 0 aromatic carbocycles. The number of anilines is 1. The molecule has 1 amide bonds. The van der Waals surface area contributed by atoms with Gasteiger partial charge in [-0.1, -0.05) is 0 Å². The second-order valence-corrected chi connectivity index (χ2v) is 8.35. The molecule has 0 aliphatic heterocycles. The lowest BCUT2D eigenvalue weighted by Crippen LogP contribution is -2.27. The molecular formula is C21H25N5OS. The molecule has 4 rings (SSSR count). The Labute approximate surface area is 169 Å². The number of fused-ring (bicyclic) bond motifs is 3. The molecule has 0 bridgehead atoms. The van der Waals surface area contributed by atoms with Crippen molar-refractivity contribution < 1.29 is 4.79 Å². The lowest BCUT2D eigenvalue weighted by atomic mass is 9.97. The zero-order valence-electron chi connectivity index (χ0n) is 16.4. The number of thiophene rings is 1. The smallest absolute Gasteiger partial charge is 0.216 e. The Hall–Kier alpha value is -2.54. The fraction of sp³-hybridized carbons (Fsp3) is 0.429. The lowest BCUT2D eigenvalue weighted by Gasteiger charge is -2.21.